The SMILES string of the molecule is CN(CCC#N)S(=O)(=O)N1CCc2ccccc21. The van der Waals surface area contributed by atoms with E-state index in [1.807, 2.05) is 30.3 Å². The van der Waals surface area contributed by atoms with Crippen LogP contribution in [0.5, 0.6) is 0 Å². The number of nitriles is 1. The van der Waals surface area contributed by atoms with Crippen LogP contribution in [0.3, 0.4) is 0 Å². The molecule has 0 amide bonds. The maximum atomic E-state index is 12.3. The predicted molar refractivity (Wildman–Crippen MR) is 69.3 cm³/mol. The zero-order valence-corrected chi connectivity index (χ0v) is 11.0. The molecule has 0 fully saturated rings. The van der Waals surface area contributed by atoms with E-state index in [4.69, 9.17) is 5.26 Å². The summed E-state index contributed by atoms with van der Waals surface area (Å²) in [6, 6.07) is 9.46. The second-order valence-electron chi connectivity index (χ2n) is 4.19. The summed E-state index contributed by atoms with van der Waals surface area (Å²) in [4.78, 5) is 0. The molecule has 0 aromatic heterocycles. The smallest absolute Gasteiger partial charge is 0.257 e. The Morgan fingerprint density at radius 2 is 2.17 bits per heavy atom. The first-order valence-corrected chi connectivity index (χ1v) is 7.16. The highest BCUT2D eigenvalue weighted by Gasteiger charge is 2.31. The van der Waals surface area contributed by atoms with E-state index in [0.717, 1.165) is 17.7 Å². The number of hydrogen-bond donors (Lipinski definition) is 0. The maximum absolute atomic E-state index is 12.3. The van der Waals surface area contributed by atoms with Gasteiger partial charge in [-0.2, -0.15) is 18.0 Å². The highest BCUT2D eigenvalue weighted by molar-refractivity contribution is 7.90. The average molecular weight is 265 g/mol. The summed E-state index contributed by atoms with van der Waals surface area (Å²) in [5.74, 6) is 0. The van der Waals surface area contributed by atoms with Gasteiger partial charge in [0.05, 0.1) is 11.8 Å². The normalized spacial score (nSPS) is 14.6. The largest absolute Gasteiger partial charge is 0.303 e. The van der Waals surface area contributed by atoms with E-state index in [2.05, 4.69) is 0 Å². The van der Waals surface area contributed by atoms with Crippen LogP contribution in [0.2, 0.25) is 0 Å². The van der Waals surface area contributed by atoms with Gasteiger partial charge in [-0.1, -0.05) is 18.2 Å². The van der Waals surface area contributed by atoms with Gasteiger partial charge in [0.2, 0.25) is 0 Å². The number of anilines is 1. The molecule has 1 heterocycles. The van der Waals surface area contributed by atoms with Gasteiger partial charge in [-0.3, -0.25) is 4.31 Å². The van der Waals surface area contributed by atoms with E-state index < -0.39 is 10.2 Å². The Hall–Kier alpha value is -1.58. The molecule has 6 heteroatoms. The minimum Gasteiger partial charge on any atom is -0.257 e. The van der Waals surface area contributed by atoms with Gasteiger partial charge in [-0.05, 0) is 18.1 Å². The second kappa shape index (κ2) is 4.96. The van der Waals surface area contributed by atoms with E-state index >= 15 is 0 Å². The van der Waals surface area contributed by atoms with Gasteiger partial charge in [0, 0.05) is 26.6 Å². The number of rotatable bonds is 4. The minimum absolute atomic E-state index is 0.200. The van der Waals surface area contributed by atoms with Gasteiger partial charge < -0.3 is 0 Å². The molecular formula is C12H15N3O2S. The monoisotopic (exact) mass is 265 g/mol. The topological polar surface area (TPSA) is 64.4 Å². The first-order chi connectivity index (χ1) is 8.57. The summed E-state index contributed by atoms with van der Waals surface area (Å²) >= 11 is 0. The van der Waals surface area contributed by atoms with Crippen molar-refractivity contribution in [1.82, 2.24) is 4.31 Å². The molecule has 0 spiro atoms. The van der Waals surface area contributed by atoms with Crippen molar-refractivity contribution in [3.63, 3.8) is 0 Å². The fourth-order valence-electron chi connectivity index (χ4n) is 2.04. The Morgan fingerprint density at radius 3 is 2.89 bits per heavy atom. The van der Waals surface area contributed by atoms with Crippen LogP contribution in [0.25, 0.3) is 0 Å². The lowest BCUT2D eigenvalue weighted by Crippen LogP contribution is -2.41. The second-order valence-corrected chi connectivity index (χ2v) is 6.15. The third-order valence-corrected chi connectivity index (χ3v) is 4.96. The highest BCUT2D eigenvalue weighted by Crippen LogP contribution is 2.30. The van der Waals surface area contributed by atoms with Crippen LogP contribution >= 0.6 is 0 Å². The molecule has 0 aliphatic carbocycles. The summed E-state index contributed by atoms with van der Waals surface area (Å²) in [6.07, 6.45) is 0.937. The molecule has 0 unspecified atom stereocenters. The molecule has 5 nitrogen and oxygen atoms in total. The lowest BCUT2D eigenvalue weighted by molar-refractivity contribution is 0.473. The van der Waals surface area contributed by atoms with Crippen LogP contribution in [-0.2, 0) is 16.6 Å². The Morgan fingerprint density at radius 1 is 1.44 bits per heavy atom. The van der Waals surface area contributed by atoms with E-state index in [9.17, 15) is 8.42 Å². The van der Waals surface area contributed by atoms with Crippen molar-refractivity contribution in [2.24, 2.45) is 0 Å². The van der Waals surface area contributed by atoms with E-state index in [1.165, 1.54) is 15.7 Å². The van der Waals surface area contributed by atoms with Crippen molar-refractivity contribution < 1.29 is 8.42 Å². The third kappa shape index (κ3) is 2.19. The van der Waals surface area contributed by atoms with Crippen molar-refractivity contribution in [1.29, 1.82) is 5.26 Å². The van der Waals surface area contributed by atoms with Crippen LogP contribution in [0.1, 0.15) is 12.0 Å². The van der Waals surface area contributed by atoms with Crippen molar-refractivity contribution in [2.45, 2.75) is 12.8 Å². The molecule has 0 saturated carbocycles. The number of nitrogens with zero attached hydrogens (tertiary/aromatic N) is 3. The lowest BCUT2D eigenvalue weighted by Gasteiger charge is -2.25. The maximum Gasteiger partial charge on any atom is 0.303 e. The number of hydrogen-bond acceptors (Lipinski definition) is 3. The number of para-hydroxylation sites is 1. The van der Waals surface area contributed by atoms with Crippen LogP contribution in [-0.4, -0.2) is 32.9 Å². The molecule has 1 aliphatic rings. The number of fused-ring (bicyclic) bond motifs is 1. The fraction of sp³-hybridized carbons (Fsp3) is 0.417. The Labute approximate surface area is 107 Å². The molecule has 0 N–H and O–H groups in total. The predicted octanol–water partition coefficient (Wildman–Crippen LogP) is 1.14. The van der Waals surface area contributed by atoms with Gasteiger partial charge in [-0.25, -0.2) is 0 Å². The van der Waals surface area contributed by atoms with Gasteiger partial charge >= 0.3 is 10.2 Å². The molecule has 1 aromatic rings. The van der Waals surface area contributed by atoms with Crippen molar-refractivity contribution in [3.05, 3.63) is 29.8 Å². The van der Waals surface area contributed by atoms with Crippen LogP contribution < -0.4 is 4.31 Å². The average Bonchev–Trinajstić information content (AvgIpc) is 2.80. The fourth-order valence-corrected chi connectivity index (χ4v) is 3.45. The zero-order valence-electron chi connectivity index (χ0n) is 10.2. The van der Waals surface area contributed by atoms with Crippen LogP contribution in [0.15, 0.2) is 24.3 Å². The van der Waals surface area contributed by atoms with Crippen LogP contribution in [0, 0.1) is 11.3 Å². The molecule has 18 heavy (non-hydrogen) atoms. The Balaban J connectivity index is 2.25. The molecule has 1 aliphatic heterocycles. The molecule has 1 aromatic carbocycles. The first-order valence-electron chi connectivity index (χ1n) is 5.76. The minimum atomic E-state index is -3.51. The van der Waals surface area contributed by atoms with Crippen molar-refractivity contribution in [2.75, 3.05) is 24.4 Å². The van der Waals surface area contributed by atoms with Crippen LogP contribution in [0.4, 0.5) is 5.69 Å². The van der Waals surface area contributed by atoms with E-state index in [1.54, 1.807) is 0 Å². The molecule has 0 bridgehead atoms. The van der Waals surface area contributed by atoms with Gasteiger partial charge in [-0.15, -0.1) is 0 Å². The molecule has 0 radical (unpaired) electrons. The van der Waals surface area contributed by atoms with Crippen molar-refractivity contribution in [3.8, 4) is 6.07 Å². The van der Waals surface area contributed by atoms with E-state index in [-0.39, 0.29) is 13.0 Å². The highest BCUT2D eigenvalue weighted by atomic mass is 32.2. The van der Waals surface area contributed by atoms with Crippen molar-refractivity contribution >= 4 is 15.9 Å². The molecule has 2 rings (SSSR count). The van der Waals surface area contributed by atoms with Gasteiger partial charge in [0.1, 0.15) is 0 Å². The Bertz CT molecular complexity index is 577. The summed E-state index contributed by atoms with van der Waals surface area (Å²) in [5, 5.41) is 8.52. The summed E-state index contributed by atoms with van der Waals surface area (Å²) in [6.45, 7) is 0.691. The summed E-state index contributed by atoms with van der Waals surface area (Å²) in [5.41, 5.74) is 1.80. The van der Waals surface area contributed by atoms with Gasteiger partial charge in [0.25, 0.3) is 0 Å². The number of benzene rings is 1. The molecule has 0 atom stereocenters. The zero-order chi connectivity index (χ0) is 13.2. The molecule has 96 valence electrons. The molecule has 0 saturated heterocycles. The summed E-state index contributed by atoms with van der Waals surface area (Å²) in [7, 11) is -2.00. The standard InChI is InChI=1S/C12H15N3O2S/c1-14(9-4-8-13)18(16,17)15-10-7-11-5-2-3-6-12(11)15/h2-3,5-6H,4,7,9-10H2,1H3. The Kier molecular flexibility index (Phi) is 3.55. The third-order valence-electron chi connectivity index (χ3n) is 3.06. The lowest BCUT2D eigenvalue weighted by atomic mass is 10.2. The first kappa shape index (κ1) is 12.9. The summed E-state index contributed by atoms with van der Waals surface area (Å²) < 4.78 is 27.3. The van der Waals surface area contributed by atoms with Gasteiger partial charge in [0.15, 0.2) is 0 Å². The molecular weight excluding hydrogens is 250 g/mol. The quantitative estimate of drug-likeness (QED) is 0.820. The van der Waals surface area contributed by atoms with E-state index in [0.29, 0.717) is 6.54 Å².